The van der Waals surface area contributed by atoms with Gasteiger partial charge in [0.2, 0.25) is 0 Å². The van der Waals surface area contributed by atoms with Crippen LogP contribution in [-0.2, 0) is 20.1 Å². The smallest absolute Gasteiger partial charge is 0.177 e. The van der Waals surface area contributed by atoms with Gasteiger partial charge in [-0.25, -0.2) is 0 Å². The van der Waals surface area contributed by atoms with Crippen molar-refractivity contribution in [2.24, 2.45) is 0 Å². The zero-order chi connectivity index (χ0) is 45.2. The molecule has 5 nitrogen and oxygen atoms in total. The first kappa shape index (κ1) is 43.0. The van der Waals surface area contributed by atoms with Gasteiger partial charge in [-0.1, -0.05) is 165 Å². The molecule has 0 amide bonds. The molecular weight excluding hydrogens is 1010 g/mol. The van der Waals surface area contributed by atoms with E-state index in [2.05, 4.69) is 183 Å². The molecular formula is C62H45IrN3O2-2. The Hall–Kier alpha value is -7.63. The van der Waals surface area contributed by atoms with Crippen molar-refractivity contribution in [1.29, 1.82) is 0 Å². The minimum absolute atomic E-state index is 0. The van der Waals surface area contributed by atoms with Gasteiger partial charge in [0.25, 0.3) is 0 Å². The Balaban J connectivity index is 0.000000161. The third kappa shape index (κ3) is 7.29. The van der Waals surface area contributed by atoms with Crippen molar-refractivity contribution in [3.63, 3.8) is 0 Å². The molecule has 13 aromatic rings. The number of nitrogens with zero attached hydrogens (tertiary/aromatic N) is 3. The standard InChI is InChI=1S/C39H33N2.C23H12NO2.Ir/c1-25(2)34-23-31(27-12-6-5-7-13-27)24-35(26(3)4)38(34)41-37-17-11-10-16-36(37)40-39(41)30-20-21-33-29(22-30)19-18-28-14-8-9-15-32(28)33;1-2-10-20-14(6-1)16-11-12-17-15-7-5-8-18(19-9-3-4-13-24-19)21(15)26-23(17)22(16)25-20;/h5-19,21-26H,1-4H3;1-7,9-13H;/q2*-1;. The van der Waals surface area contributed by atoms with Crippen LogP contribution in [0.3, 0.4) is 0 Å². The van der Waals surface area contributed by atoms with Crippen LogP contribution >= 0.6 is 0 Å². The summed E-state index contributed by atoms with van der Waals surface area (Å²) in [6, 6.07) is 70.4. The zero-order valence-electron chi connectivity index (χ0n) is 38.0. The molecule has 0 unspecified atom stereocenters. The number of imidazole rings is 1. The van der Waals surface area contributed by atoms with E-state index in [4.69, 9.17) is 13.8 Å². The van der Waals surface area contributed by atoms with Crippen LogP contribution in [0.25, 0.3) is 116 Å². The molecule has 0 spiro atoms. The van der Waals surface area contributed by atoms with Gasteiger partial charge >= 0.3 is 0 Å². The number of benzene rings is 9. The van der Waals surface area contributed by atoms with E-state index in [1.165, 1.54) is 49.5 Å². The quantitative estimate of drug-likeness (QED) is 0.123. The summed E-state index contributed by atoms with van der Waals surface area (Å²) >= 11 is 0. The van der Waals surface area contributed by atoms with Crippen molar-refractivity contribution in [2.75, 3.05) is 0 Å². The fraction of sp³-hybridized carbons (Fsp3) is 0.0968. The van der Waals surface area contributed by atoms with Gasteiger partial charge in [0.1, 0.15) is 5.58 Å². The van der Waals surface area contributed by atoms with E-state index in [1.54, 1.807) is 6.20 Å². The Morgan fingerprint density at radius 1 is 0.515 bits per heavy atom. The van der Waals surface area contributed by atoms with E-state index in [1.807, 2.05) is 48.5 Å². The molecule has 1 radical (unpaired) electrons. The number of aromatic nitrogens is 3. The molecule has 331 valence electrons. The van der Waals surface area contributed by atoms with E-state index < -0.39 is 0 Å². The second-order valence-corrected chi connectivity index (χ2v) is 17.9. The number of rotatable bonds is 6. The molecule has 0 atom stereocenters. The van der Waals surface area contributed by atoms with E-state index in [-0.39, 0.29) is 20.1 Å². The van der Waals surface area contributed by atoms with Crippen molar-refractivity contribution in [3.8, 4) is 39.5 Å². The molecule has 9 aromatic carbocycles. The maximum absolute atomic E-state index is 6.32. The van der Waals surface area contributed by atoms with Crippen molar-refractivity contribution in [2.45, 2.75) is 39.5 Å². The molecule has 0 aliphatic heterocycles. The Morgan fingerprint density at radius 3 is 1.96 bits per heavy atom. The maximum Gasteiger partial charge on any atom is 0.177 e. The molecule has 0 saturated heterocycles. The minimum atomic E-state index is 0. The van der Waals surface area contributed by atoms with Crippen molar-refractivity contribution < 1.29 is 28.9 Å². The van der Waals surface area contributed by atoms with Crippen LogP contribution in [-0.4, -0.2) is 14.5 Å². The number of furan rings is 2. The maximum atomic E-state index is 6.32. The van der Waals surface area contributed by atoms with Crippen LogP contribution in [0.15, 0.2) is 197 Å². The zero-order valence-corrected chi connectivity index (χ0v) is 40.4. The monoisotopic (exact) mass is 1060 g/mol. The van der Waals surface area contributed by atoms with Gasteiger partial charge in [0.15, 0.2) is 11.2 Å². The average molecular weight is 1060 g/mol. The molecule has 0 aliphatic rings. The second-order valence-electron chi connectivity index (χ2n) is 17.9. The topological polar surface area (TPSA) is 57.0 Å². The fourth-order valence-electron chi connectivity index (χ4n) is 9.81. The molecule has 13 rings (SSSR count). The van der Waals surface area contributed by atoms with Crippen LogP contribution in [0.4, 0.5) is 0 Å². The van der Waals surface area contributed by atoms with Gasteiger partial charge < -0.3 is 18.4 Å². The minimum Gasteiger partial charge on any atom is -0.497 e. The summed E-state index contributed by atoms with van der Waals surface area (Å²) in [5, 5.41) is 9.16. The van der Waals surface area contributed by atoms with Crippen LogP contribution < -0.4 is 0 Å². The van der Waals surface area contributed by atoms with Gasteiger partial charge in [0.05, 0.1) is 22.4 Å². The van der Waals surface area contributed by atoms with Gasteiger partial charge in [0, 0.05) is 48.1 Å². The van der Waals surface area contributed by atoms with Crippen LogP contribution in [0.2, 0.25) is 0 Å². The summed E-state index contributed by atoms with van der Waals surface area (Å²) in [5.41, 5.74) is 14.4. The van der Waals surface area contributed by atoms with Gasteiger partial charge in [-0.05, 0) is 87.6 Å². The first-order chi connectivity index (χ1) is 32.9. The average Bonchev–Trinajstić information content (AvgIpc) is 4.08. The van der Waals surface area contributed by atoms with Crippen LogP contribution in [0, 0.1) is 12.1 Å². The largest absolute Gasteiger partial charge is 0.497 e. The molecule has 4 aromatic heterocycles. The summed E-state index contributed by atoms with van der Waals surface area (Å²) in [4.78, 5) is 9.69. The summed E-state index contributed by atoms with van der Waals surface area (Å²) < 4.78 is 14.8. The first-order valence-electron chi connectivity index (χ1n) is 23.0. The molecule has 4 heterocycles. The predicted molar refractivity (Wildman–Crippen MR) is 277 cm³/mol. The van der Waals surface area contributed by atoms with Crippen molar-refractivity contribution >= 4 is 76.5 Å². The SMILES string of the molecule is CC(C)c1cc(-c2ccccc2)cc(C(C)C)c1-n1c(-c2[c-]cc3c(ccc4ccccc43)c2)nc2ccccc21.[Ir].[c-]1ccc2c(oc3c2ccc2c4ccccc4oc23)c1-c1ccccn1. The van der Waals surface area contributed by atoms with Gasteiger partial charge in [-0.2, -0.15) is 0 Å². The number of hydrogen-bond donors (Lipinski definition) is 0. The summed E-state index contributed by atoms with van der Waals surface area (Å²) in [7, 11) is 0. The predicted octanol–water partition coefficient (Wildman–Crippen LogP) is 17.1. The fourth-order valence-corrected chi connectivity index (χ4v) is 9.81. The number of fused-ring (bicyclic) bond motifs is 11. The van der Waals surface area contributed by atoms with Gasteiger partial charge in [-0.3, -0.25) is 4.98 Å². The normalized spacial score (nSPS) is 11.7. The summed E-state index contributed by atoms with van der Waals surface area (Å²) in [6.45, 7) is 9.18. The number of para-hydroxylation sites is 3. The molecule has 0 fully saturated rings. The van der Waals surface area contributed by atoms with E-state index in [9.17, 15) is 0 Å². The molecule has 0 aliphatic carbocycles. The van der Waals surface area contributed by atoms with E-state index in [0.29, 0.717) is 11.8 Å². The Labute approximate surface area is 408 Å². The molecule has 0 saturated carbocycles. The van der Waals surface area contributed by atoms with E-state index in [0.717, 1.165) is 77.6 Å². The van der Waals surface area contributed by atoms with E-state index >= 15 is 0 Å². The van der Waals surface area contributed by atoms with Crippen LogP contribution in [0.1, 0.15) is 50.7 Å². The molecule has 6 heteroatoms. The molecule has 0 bridgehead atoms. The second kappa shape index (κ2) is 17.5. The summed E-state index contributed by atoms with van der Waals surface area (Å²) in [6.07, 6.45) is 1.78. The third-order valence-corrected chi connectivity index (χ3v) is 13.1. The third-order valence-electron chi connectivity index (χ3n) is 13.1. The van der Waals surface area contributed by atoms with Crippen molar-refractivity contribution in [1.82, 2.24) is 14.5 Å². The Kier molecular flexibility index (Phi) is 11.1. The number of pyridine rings is 1. The Bertz CT molecular complexity index is 3970. The Morgan fingerprint density at radius 2 is 1.18 bits per heavy atom. The first-order valence-corrected chi connectivity index (χ1v) is 23.0. The molecule has 68 heavy (non-hydrogen) atoms. The molecule has 0 N–H and O–H groups in total. The van der Waals surface area contributed by atoms with Crippen molar-refractivity contribution in [3.05, 3.63) is 211 Å². The summed E-state index contributed by atoms with van der Waals surface area (Å²) in [5.74, 6) is 1.58. The van der Waals surface area contributed by atoms with Gasteiger partial charge in [-0.15, -0.1) is 47.3 Å². The van der Waals surface area contributed by atoms with Crippen LogP contribution in [0.5, 0.6) is 0 Å². The number of hydrogen-bond acceptors (Lipinski definition) is 4.